The lowest BCUT2D eigenvalue weighted by atomic mass is 10.2. The van der Waals surface area contributed by atoms with Gasteiger partial charge in [-0.25, -0.2) is 0 Å². The van der Waals surface area contributed by atoms with Crippen molar-refractivity contribution in [3.05, 3.63) is 12.7 Å². The second-order valence-corrected chi connectivity index (χ2v) is 3.62. The van der Waals surface area contributed by atoms with Crippen LogP contribution in [-0.2, 0) is 9.59 Å². The van der Waals surface area contributed by atoms with Crippen molar-refractivity contribution in [3.63, 3.8) is 0 Å². The Morgan fingerprint density at radius 1 is 1.56 bits per heavy atom. The molecule has 5 nitrogen and oxygen atoms in total. The minimum Gasteiger partial charge on any atom is -0.480 e. The summed E-state index contributed by atoms with van der Waals surface area (Å²) in [6.45, 7) is 8.14. The second-order valence-electron chi connectivity index (χ2n) is 3.62. The van der Waals surface area contributed by atoms with Crippen LogP contribution in [0.1, 0.15) is 20.3 Å². The topological polar surface area (TPSA) is 69.6 Å². The van der Waals surface area contributed by atoms with Crippen molar-refractivity contribution in [2.75, 3.05) is 19.6 Å². The highest BCUT2D eigenvalue weighted by Gasteiger charge is 2.17. The van der Waals surface area contributed by atoms with E-state index >= 15 is 0 Å². The zero-order valence-corrected chi connectivity index (χ0v) is 9.90. The summed E-state index contributed by atoms with van der Waals surface area (Å²) in [5.41, 5.74) is 0. The van der Waals surface area contributed by atoms with Gasteiger partial charge in [0.05, 0.1) is 0 Å². The van der Waals surface area contributed by atoms with Gasteiger partial charge in [0.1, 0.15) is 6.54 Å². The molecule has 0 bridgehead atoms. The third-order valence-electron chi connectivity index (χ3n) is 2.06. The van der Waals surface area contributed by atoms with Gasteiger partial charge in [0.15, 0.2) is 0 Å². The molecule has 92 valence electrons. The fraction of sp³-hybridized carbons (Fsp3) is 0.636. The smallest absolute Gasteiger partial charge is 0.323 e. The van der Waals surface area contributed by atoms with Crippen molar-refractivity contribution in [2.45, 2.75) is 26.3 Å². The Hall–Kier alpha value is -1.36. The lowest BCUT2D eigenvalue weighted by molar-refractivity contribution is -0.144. The minimum atomic E-state index is -1.01. The van der Waals surface area contributed by atoms with Gasteiger partial charge in [-0.15, -0.1) is 6.58 Å². The highest BCUT2D eigenvalue weighted by atomic mass is 16.4. The number of carbonyl (C=O) groups excluding carboxylic acids is 1. The average Bonchev–Trinajstić information content (AvgIpc) is 2.16. The van der Waals surface area contributed by atoms with Crippen LogP contribution in [0.3, 0.4) is 0 Å². The molecule has 0 saturated heterocycles. The molecule has 0 fully saturated rings. The van der Waals surface area contributed by atoms with E-state index in [1.807, 2.05) is 13.8 Å². The molecule has 1 atom stereocenters. The van der Waals surface area contributed by atoms with Gasteiger partial charge in [-0.1, -0.05) is 13.0 Å². The van der Waals surface area contributed by atoms with Gasteiger partial charge in [0, 0.05) is 19.0 Å². The van der Waals surface area contributed by atoms with E-state index in [9.17, 15) is 9.59 Å². The van der Waals surface area contributed by atoms with Gasteiger partial charge in [-0.05, 0) is 13.5 Å². The highest BCUT2D eigenvalue weighted by Crippen LogP contribution is 1.99. The van der Waals surface area contributed by atoms with Gasteiger partial charge in [-0.2, -0.15) is 0 Å². The Bertz CT molecular complexity index is 254. The number of carboxylic acids is 1. The van der Waals surface area contributed by atoms with E-state index in [1.165, 1.54) is 11.0 Å². The van der Waals surface area contributed by atoms with E-state index in [4.69, 9.17) is 5.11 Å². The van der Waals surface area contributed by atoms with E-state index in [2.05, 4.69) is 11.9 Å². The lowest BCUT2D eigenvalue weighted by Crippen LogP contribution is -2.39. The maximum Gasteiger partial charge on any atom is 0.323 e. The first-order valence-corrected chi connectivity index (χ1v) is 5.35. The van der Waals surface area contributed by atoms with Crippen LogP contribution in [0.2, 0.25) is 0 Å². The molecule has 0 aromatic rings. The van der Waals surface area contributed by atoms with Crippen LogP contribution in [0.4, 0.5) is 0 Å². The standard InChI is InChI=1S/C11H20N2O3/c1-4-6-13(8-11(15)16)10(14)7-9(3)12-5-2/h4,9,12H,1,5-8H2,2-3H3,(H,15,16). The Morgan fingerprint density at radius 2 is 2.19 bits per heavy atom. The van der Waals surface area contributed by atoms with Crippen molar-refractivity contribution in [2.24, 2.45) is 0 Å². The summed E-state index contributed by atoms with van der Waals surface area (Å²) in [5.74, 6) is -1.18. The zero-order chi connectivity index (χ0) is 12.6. The Balaban J connectivity index is 4.25. The third kappa shape index (κ3) is 6.19. The van der Waals surface area contributed by atoms with E-state index < -0.39 is 5.97 Å². The second kappa shape index (κ2) is 7.87. The van der Waals surface area contributed by atoms with Crippen LogP contribution >= 0.6 is 0 Å². The molecular weight excluding hydrogens is 208 g/mol. The molecule has 0 heterocycles. The van der Waals surface area contributed by atoms with E-state index in [1.54, 1.807) is 0 Å². The Kier molecular flexibility index (Phi) is 7.20. The molecule has 1 unspecified atom stereocenters. The van der Waals surface area contributed by atoms with Gasteiger partial charge >= 0.3 is 5.97 Å². The number of hydrogen-bond donors (Lipinski definition) is 2. The van der Waals surface area contributed by atoms with Crippen molar-refractivity contribution in [1.82, 2.24) is 10.2 Å². The van der Waals surface area contributed by atoms with Crippen LogP contribution in [0.5, 0.6) is 0 Å². The molecule has 0 rings (SSSR count). The summed E-state index contributed by atoms with van der Waals surface area (Å²) in [7, 11) is 0. The van der Waals surface area contributed by atoms with Gasteiger partial charge in [-0.3, -0.25) is 9.59 Å². The molecule has 0 spiro atoms. The third-order valence-corrected chi connectivity index (χ3v) is 2.06. The van der Waals surface area contributed by atoms with Crippen LogP contribution in [0, 0.1) is 0 Å². The van der Waals surface area contributed by atoms with Crippen LogP contribution in [-0.4, -0.2) is 47.6 Å². The molecular formula is C11H20N2O3. The van der Waals surface area contributed by atoms with Crippen LogP contribution in [0.15, 0.2) is 12.7 Å². The minimum absolute atomic E-state index is 0.0543. The number of hydrogen-bond acceptors (Lipinski definition) is 3. The van der Waals surface area contributed by atoms with E-state index in [0.29, 0.717) is 6.42 Å². The van der Waals surface area contributed by atoms with Gasteiger partial charge < -0.3 is 15.3 Å². The summed E-state index contributed by atoms with van der Waals surface area (Å²) >= 11 is 0. The zero-order valence-electron chi connectivity index (χ0n) is 9.90. The monoisotopic (exact) mass is 228 g/mol. The number of aliphatic carboxylic acids is 1. The molecule has 2 N–H and O–H groups in total. The van der Waals surface area contributed by atoms with E-state index in [-0.39, 0.29) is 25.0 Å². The summed E-state index contributed by atoms with van der Waals surface area (Å²) in [4.78, 5) is 23.6. The molecule has 0 aliphatic carbocycles. The van der Waals surface area contributed by atoms with Crippen LogP contribution in [0.25, 0.3) is 0 Å². The maximum atomic E-state index is 11.7. The SMILES string of the molecule is C=CCN(CC(=O)O)C(=O)CC(C)NCC. The molecule has 0 aromatic heterocycles. The molecule has 0 aliphatic rings. The van der Waals surface area contributed by atoms with Crippen molar-refractivity contribution < 1.29 is 14.7 Å². The fourth-order valence-electron chi connectivity index (χ4n) is 1.39. The van der Waals surface area contributed by atoms with E-state index in [0.717, 1.165) is 6.54 Å². The fourth-order valence-corrected chi connectivity index (χ4v) is 1.39. The van der Waals surface area contributed by atoms with Gasteiger partial charge in [0.2, 0.25) is 5.91 Å². The Labute approximate surface area is 96.1 Å². The molecule has 0 aromatic carbocycles. The van der Waals surface area contributed by atoms with Crippen molar-refractivity contribution >= 4 is 11.9 Å². The number of amides is 1. The summed E-state index contributed by atoms with van der Waals surface area (Å²) in [6.07, 6.45) is 1.83. The Morgan fingerprint density at radius 3 is 2.62 bits per heavy atom. The predicted octanol–water partition coefficient (Wildman–Crippen LogP) is 0.474. The predicted molar refractivity (Wildman–Crippen MR) is 62.2 cm³/mol. The summed E-state index contributed by atoms with van der Waals surface area (Å²) in [6, 6.07) is 0.0543. The maximum absolute atomic E-state index is 11.7. The lowest BCUT2D eigenvalue weighted by Gasteiger charge is -2.21. The number of rotatable bonds is 8. The number of nitrogens with zero attached hydrogens (tertiary/aromatic N) is 1. The van der Waals surface area contributed by atoms with Crippen molar-refractivity contribution in [3.8, 4) is 0 Å². The highest BCUT2D eigenvalue weighted by molar-refractivity contribution is 5.81. The molecule has 0 radical (unpaired) electrons. The number of nitrogens with one attached hydrogen (secondary N) is 1. The summed E-state index contributed by atoms with van der Waals surface area (Å²) in [5, 5.41) is 11.8. The molecule has 16 heavy (non-hydrogen) atoms. The first-order chi connectivity index (χ1) is 7.51. The van der Waals surface area contributed by atoms with Gasteiger partial charge in [0.25, 0.3) is 0 Å². The number of carboxylic acid groups (broad SMARTS) is 1. The van der Waals surface area contributed by atoms with Crippen LogP contribution < -0.4 is 5.32 Å². The normalized spacial score (nSPS) is 11.9. The first kappa shape index (κ1) is 14.6. The molecule has 0 aliphatic heterocycles. The molecule has 5 heteroatoms. The first-order valence-electron chi connectivity index (χ1n) is 5.35. The largest absolute Gasteiger partial charge is 0.480 e. The quantitative estimate of drug-likeness (QED) is 0.593. The molecule has 0 saturated carbocycles. The number of carbonyl (C=O) groups is 2. The molecule has 1 amide bonds. The van der Waals surface area contributed by atoms with Crippen molar-refractivity contribution in [1.29, 1.82) is 0 Å². The summed E-state index contributed by atoms with van der Waals surface area (Å²) < 4.78 is 0. The average molecular weight is 228 g/mol.